The number of unbranched alkanes of at least 4 members (excludes halogenated alkanes) is 2. The molecule has 0 aliphatic carbocycles. The van der Waals surface area contributed by atoms with Crippen LogP contribution >= 0.6 is 0 Å². The highest BCUT2D eigenvalue weighted by atomic mass is 19.2. The SMILES string of the molecule is C/C=C/Oc1ccc(-c2ccc(CCc3ccc(-c4ccc(CCCCC)cc4)cc3)cc2)c(F)c1F. The van der Waals surface area contributed by atoms with Gasteiger partial charge in [-0.25, -0.2) is 4.39 Å². The Morgan fingerprint density at radius 1 is 0.595 bits per heavy atom. The first kappa shape index (κ1) is 26.3. The molecule has 0 radical (unpaired) electrons. The second kappa shape index (κ2) is 13.0. The average Bonchev–Trinajstić information content (AvgIpc) is 2.94. The zero-order valence-electron chi connectivity index (χ0n) is 21.6. The molecule has 0 aliphatic rings. The number of benzene rings is 4. The molecule has 0 aromatic heterocycles. The Morgan fingerprint density at radius 2 is 1.11 bits per heavy atom. The molecule has 0 amide bonds. The quantitative estimate of drug-likeness (QED) is 0.148. The minimum atomic E-state index is -0.981. The standard InChI is InChI=1S/C34H34F2O/c1-3-5-6-7-25-10-16-28(17-11-25)29-18-12-26(13-19-29)8-9-27-14-20-30(21-15-27)31-22-23-32(37-24-4-2)34(36)33(31)35/h4,10-24H,3,5-9H2,1-2H3/b24-4+. The van der Waals surface area contributed by atoms with Gasteiger partial charge in [0.25, 0.3) is 0 Å². The molecule has 4 aromatic carbocycles. The van der Waals surface area contributed by atoms with E-state index < -0.39 is 11.6 Å². The maximum absolute atomic E-state index is 14.6. The molecular formula is C34H34F2O. The Bertz CT molecular complexity index is 1300. The zero-order valence-corrected chi connectivity index (χ0v) is 21.6. The molecule has 0 unspecified atom stereocenters. The van der Waals surface area contributed by atoms with E-state index >= 15 is 0 Å². The van der Waals surface area contributed by atoms with Crippen molar-refractivity contribution in [1.29, 1.82) is 0 Å². The van der Waals surface area contributed by atoms with Gasteiger partial charge in [-0.05, 0) is 78.1 Å². The monoisotopic (exact) mass is 496 g/mol. The van der Waals surface area contributed by atoms with Gasteiger partial charge >= 0.3 is 0 Å². The van der Waals surface area contributed by atoms with E-state index in [1.807, 2.05) is 24.3 Å². The summed E-state index contributed by atoms with van der Waals surface area (Å²) in [6, 6.07) is 28.3. The molecule has 0 fully saturated rings. The van der Waals surface area contributed by atoms with Crippen LogP contribution in [0.25, 0.3) is 22.3 Å². The van der Waals surface area contributed by atoms with Crippen LogP contribution in [-0.4, -0.2) is 0 Å². The van der Waals surface area contributed by atoms with Crippen molar-refractivity contribution in [2.24, 2.45) is 0 Å². The summed E-state index contributed by atoms with van der Waals surface area (Å²) in [5, 5.41) is 0. The summed E-state index contributed by atoms with van der Waals surface area (Å²) in [5.74, 6) is -2.01. The molecule has 0 bridgehead atoms. The summed E-state index contributed by atoms with van der Waals surface area (Å²) in [7, 11) is 0. The molecule has 0 spiro atoms. The summed E-state index contributed by atoms with van der Waals surface area (Å²) in [6.07, 6.45) is 9.67. The molecule has 37 heavy (non-hydrogen) atoms. The molecule has 0 atom stereocenters. The van der Waals surface area contributed by atoms with Crippen LogP contribution in [0, 0.1) is 11.6 Å². The van der Waals surface area contributed by atoms with Crippen LogP contribution in [-0.2, 0) is 19.3 Å². The summed E-state index contributed by atoms with van der Waals surface area (Å²) >= 11 is 0. The van der Waals surface area contributed by atoms with Gasteiger partial charge in [-0.1, -0.05) is 98.6 Å². The van der Waals surface area contributed by atoms with Crippen molar-refractivity contribution in [2.45, 2.75) is 52.4 Å². The van der Waals surface area contributed by atoms with E-state index in [1.54, 1.807) is 19.1 Å². The van der Waals surface area contributed by atoms with Crippen LogP contribution in [0.15, 0.2) is 97.3 Å². The lowest BCUT2D eigenvalue weighted by Crippen LogP contribution is -1.95. The van der Waals surface area contributed by atoms with Crippen molar-refractivity contribution in [3.63, 3.8) is 0 Å². The largest absolute Gasteiger partial charge is 0.462 e. The number of halogens is 2. The minimum Gasteiger partial charge on any atom is -0.462 e. The molecule has 0 saturated carbocycles. The molecular weight excluding hydrogens is 462 g/mol. The van der Waals surface area contributed by atoms with Gasteiger partial charge in [0.2, 0.25) is 5.82 Å². The number of hydrogen-bond acceptors (Lipinski definition) is 1. The van der Waals surface area contributed by atoms with E-state index in [4.69, 9.17) is 4.74 Å². The van der Waals surface area contributed by atoms with E-state index in [0.29, 0.717) is 5.56 Å². The number of allylic oxidation sites excluding steroid dienone is 1. The van der Waals surface area contributed by atoms with E-state index in [2.05, 4.69) is 55.5 Å². The molecule has 4 aromatic rings. The number of ether oxygens (including phenoxy) is 1. The van der Waals surface area contributed by atoms with Crippen molar-refractivity contribution in [1.82, 2.24) is 0 Å². The fourth-order valence-electron chi connectivity index (χ4n) is 4.43. The van der Waals surface area contributed by atoms with Gasteiger partial charge in [0.05, 0.1) is 6.26 Å². The number of hydrogen-bond donors (Lipinski definition) is 0. The van der Waals surface area contributed by atoms with Crippen LogP contribution in [0.5, 0.6) is 5.75 Å². The second-order valence-electron chi connectivity index (χ2n) is 9.37. The van der Waals surface area contributed by atoms with Gasteiger partial charge in [-0.3, -0.25) is 0 Å². The van der Waals surface area contributed by atoms with Crippen LogP contribution in [0.4, 0.5) is 8.78 Å². The molecule has 0 aliphatic heterocycles. The molecule has 4 rings (SSSR count). The number of rotatable bonds is 11. The fourth-order valence-corrected chi connectivity index (χ4v) is 4.43. The first-order valence-electron chi connectivity index (χ1n) is 13.1. The molecule has 190 valence electrons. The van der Waals surface area contributed by atoms with E-state index in [-0.39, 0.29) is 11.3 Å². The van der Waals surface area contributed by atoms with Crippen LogP contribution in [0.1, 0.15) is 49.8 Å². The Kier molecular flexibility index (Phi) is 9.26. The van der Waals surface area contributed by atoms with E-state index in [1.165, 1.54) is 53.8 Å². The third-order valence-electron chi connectivity index (χ3n) is 6.66. The average molecular weight is 497 g/mol. The lowest BCUT2D eigenvalue weighted by molar-refractivity contribution is 0.415. The van der Waals surface area contributed by atoms with Gasteiger partial charge in [-0.15, -0.1) is 0 Å². The fraction of sp³-hybridized carbons (Fsp3) is 0.235. The normalized spacial score (nSPS) is 11.2. The molecule has 1 nitrogen and oxygen atoms in total. The van der Waals surface area contributed by atoms with Crippen molar-refractivity contribution >= 4 is 0 Å². The number of aryl methyl sites for hydroxylation is 3. The molecule has 0 N–H and O–H groups in total. The van der Waals surface area contributed by atoms with Crippen molar-refractivity contribution in [3.05, 3.63) is 126 Å². The van der Waals surface area contributed by atoms with Crippen LogP contribution in [0.2, 0.25) is 0 Å². The predicted octanol–water partition coefficient (Wildman–Crippen LogP) is 9.73. The van der Waals surface area contributed by atoms with Crippen molar-refractivity contribution in [3.8, 4) is 28.0 Å². The summed E-state index contributed by atoms with van der Waals surface area (Å²) in [5.41, 5.74) is 7.16. The summed E-state index contributed by atoms with van der Waals surface area (Å²) in [6.45, 7) is 3.98. The maximum Gasteiger partial charge on any atom is 0.201 e. The van der Waals surface area contributed by atoms with Gasteiger partial charge in [0.1, 0.15) is 0 Å². The van der Waals surface area contributed by atoms with E-state index in [0.717, 1.165) is 24.8 Å². The Hall–Kier alpha value is -3.72. The van der Waals surface area contributed by atoms with Gasteiger partial charge in [-0.2, -0.15) is 4.39 Å². The topological polar surface area (TPSA) is 9.23 Å². The third-order valence-corrected chi connectivity index (χ3v) is 6.66. The highest BCUT2D eigenvalue weighted by Gasteiger charge is 2.15. The Balaban J connectivity index is 1.35. The highest BCUT2D eigenvalue weighted by Crippen LogP contribution is 2.30. The first-order chi connectivity index (χ1) is 18.1. The molecule has 0 heterocycles. The van der Waals surface area contributed by atoms with E-state index in [9.17, 15) is 8.78 Å². The van der Waals surface area contributed by atoms with Crippen LogP contribution < -0.4 is 4.74 Å². The minimum absolute atomic E-state index is 0.124. The van der Waals surface area contributed by atoms with Crippen molar-refractivity contribution in [2.75, 3.05) is 0 Å². The maximum atomic E-state index is 14.6. The predicted molar refractivity (Wildman–Crippen MR) is 150 cm³/mol. The highest BCUT2D eigenvalue weighted by molar-refractivity contribution is 5.66. The van der Waals surface area contributed by atoms with Crippen molar-refractivity contribution < 1.29 is 13.5 Å². The summed E-state index contributed by atoms with van der Waals surface area (Å²) in [4.78, 5) is 0. The lowest BCUT2D eigenvalue weighted by Gasteiger charge is -2.09. The molecule has 3 heteroatoms. The zero-order chi connectivity index (χ0) is 26.0. The summed E-state index contributed by atoms with van der Waals surface area (Å²) < 4.78 is 34.0. The smallest absolute Gasteiger partial charge is 0.201 e. The third kappa shape index (κ3) is 6.95. The second-order valence-corrected chi connectivity index (χ2v) is 9.37. The van der Waals surface area contributed by atoms with Gasteiger partial charge < -0.3 is 4.74 Å². The van der Waals surface area contributed by atoms with Gasteiger partial charge in [0.15, 0.2) is 11.6 Å². The Labute approximate surface area is 219 Å². The Morgan fingerprint density at radius 3 is 1.62 bits per heavy atom. The molecule has 0 saturated heterocycles. The first-order valence-corrected chi connectivity index (χ1v) is 13.1. The van der Waals surface area contributed by atoms with Gasteiger partial charge in [0, 0.05) is 5.56 Å². The lowest BCUT2D eigenvalue weighted by atomic mass is 9.97. The van der Waals surface area contributed by atoms with Crippen LogP contribution in [0.3, 0.4) is 0 Å².